The van der Waals surface area contributed by atoms with Gasteiger partial charge in [-0.05, 0) is 18.9 Å². The molecule has 0 bridgehead atoms. The van der Waals surface area contributed by atoms with Gasteiger partial charge in [-0.15, -0.1) is 0 Å². The summed E-state index contributed by atoms with van der Waals surface area (Å²) in [5, 5.41) is 21.8. The van der Waals surface area contributed by atoms with E-state index in [1.54, 1.807) is 12.1 Å². The summed E-state index contributed by atoms with van der Waals surface area (Å²) in [7, 11) is 0. The van der Waals surface area contributed by atoms with Crippen molar-refractivity contribution in [3.8, 4) is 0 Å². The number of aliphatic hydroxyl groups excluding tert-OH is 1. The zero-order chi connectivity index (χ0) is 19.5. The van der Waals surface area contributed by atoms with Gasteiger partial charge in [-0.2, -0.15) is 0 Å². The van der Waals surface area contributed by atoms with Crippen molar-refractivity contribution in [1.29, 1.82) is 0 Å². The smallest absolute Gasteiger partial charge is 0.407 e. The highest BCUT2D eigenvalue weighted by Crippen LogP contribution is 2.18. The number of carboxylic acid groups (broad SMARTS) is 1. The van der Waals surface area contributed by atoms with E-state index >= 15 is 0 Å². The van der Waals surface area contributed by atoms with E-state index in [4.69, 9.17) is 9.84 Å². The van der Waals surface area contributed by atoms with E-state index in [2.05, 4.69) is 5.32 Å². The summed E-state index contributed by atoms with van der Waals surface area (Å²) < 4.78 is 5.07. The normalized spacial score (nSPS) is 14.1. The lowest BCUT2D eigenvalue weighted by Crippen LogP contribution is -2.47. The first-order valence-corrected chi connectivity index (χ1v) is 8.79. The van der Waals surface area contributed by atoms with Gasteiger partial charge in [0.15, 0.2) is 0 Å². The first-order valence-electron chi connectivity index (χ1n) is 8.79. The van der Waals surface area contributed by atoms with Gasteiger partial charge >= 0.3 is 12.1 Å². The van der Waals surface area contributed by atoms with Crippen LogP contribution < -0.4 is 5.32 Å². The molecule has 0 aliphatic heterocycles. The summed E-state index contributed by atoms with van der Waals surface area (Å²) in [6.07, 6.45) is 0.573. The minimum atomic E-state index is -1.58. The number of Topliss-reactive ketones (excluding diaryl/α,β-unsaturated/α-hetero) is 1. The topological polar surface area (TPSA) is 113 Å². The standard InChI is InChI=1S/C19H27NO6/c1-3-4-6-11-15(17(22)18(23)24)16(21)13(2)20-19(25)26-12-14-9-7-5-8-10-14/h5,7-10,13,15-16,21H,3-4,6,11-12H2,1-2H3,(H,20,25)(H,23,24)/t13-,15?,16?/m0/s1. The number of amides is 1. The first-order chi connectivity index (χ1) is 12.4. The van der Waals surface area contributed by atoms with Gasteiger partial charge in [-0.3, -0.25) is 4.79 Å². The molecule has 1 rings (SSSR count). The Morgan fingerprint density at radius 1 is 1.15 bits per heavy atom. The summed E-state index contributed by atoms with van der Waals surface area (Å²) >= 11 is 0. The van der Waals surface area contributed by atoms with E-state index in [9.17, 15) is 19.5 Å². The molecule has 26 heavy (non-hydrogen) atoms. The number of hydrogen-bond acceptors (Lipinski definition) is 5. The predicted octanol–water partition coefficient (Wildman–Crippen LogP) is 2.51. The number of ketones is 1. The summed E-state index contributed by atoms with van der Waals surface area (Å²) in [5.41, 5.74) is 0.814. The number of nitrogens with one attached hydrogen (secondary N) is 1. The molecule has 7 heteroatoms. The number of unbranched alkanes of at least 4 members (excludes halogenated alkanes) is 2. The molecule has 0 heterocycles. The number of benzene rings is 1. The summed E-state index contributed by atoms with van der Waals surface area (Å²) in [4.78, 5) is 34.8. The average Bonchev–Trinajstić information content (AvgIpc) is 2.63. The summed E-state index contributed by atoms with van der Waals surface area (Å²) in [6, 6.07) is 8.28. The minimum Gasteiger partial charge on any atom is -0.475 e. The van der Waals surface area contributed by atoms with Gasteiger partial charge < -0.3 is 20.3 Å². The maximum atomic E-state index is 11.9. The molecule has 144 valence electrons. The SMILES string of the molecule is CCCCCC(C(=O)C(=O)O)C(O)[C@H](C)NC(=O)OCc1ccccc1. The lowest BCUT2D eigenvalue weighted by molar-refractivity contribution is -0.153. The molecule has 3 atom stereocenters. The minimum absolute atomic E-state index is 0.0729. The molecule has 2 unspecified atom stereocenters. The van der Waals surface area contributed by atoms with E-state index in [1.165, 1.54) is 6.92 Å². The highest BCUT2D eigenvalue weighted by Gasteiger charge is 2.34. The van der Waals surface area contributed by atoms with Crippen LogP contribution in [0.25, 0.3) is 0 Å². The highest BCUT2D eigenvalue weighted by molar-refractivity contribution is 6.33. The fourth-order valence-corrected chi connectivity index (χ4v) is 2.61. The zero-order valence-corrected chi connectivity index (χ0v) is 15.2. The predicted molar refractivity (Wildman–Crippen MR) is 95.5 cm³/mol. The van der Waals surface area contributed by atoms with Crippen LogP contribution in [0.5, 0.6) is 0 Å². The molecule has 0 radical (unpaired) electrons. The molecule has 1 aromatic carbocycles. The molecule has 3 N–H and O–H groups in total. The molecule has 0 aliphatic rings. The largest absolute Gasteiger partial charge is 0.475 e. The Morgan fingerprint density at radius 3 is 2.38 bits per heavy atom. The Kier molecular flexibility index (Phi) is 9.36. The third-order valence-corrected chi connectivity index (χ3v) is 4.15. The van der Waals surface area contributed by atoms with E-state index in [1.807, 2.05) is 25.1 Å². The van der Waals surface area contributed by atoms with Crippen molar-refractivity contribution in [2.75, 3.05) is 0 Å². The molecule has 0 spiro atoms. The average molecular weight is 365 g/mol. The number of rotatable bonds is 11. The number of aliphatic hydroxyl groups is 1. The van der Waals surface area contributed by atoms with Gasteiger partial charge in [0.05, 0.1) is 18.1 Å². The molecule has 0 aliphatic carbocycles. The van der Waals surface area contributed by atoms with Crippen LogP contribution >= 0.6 is 0 Å². The van der Waals surface area contributed by atoms with Crippen molar-refractivity contribution >= 4 is 17.8 Å². The highest BCUT2D eigenvalue weighted by atomic mass is 16.5. The second-order valence-electron chi connectivity index (χ2n) is 6.26. The van der Waals surface area contributed by atoms with Crippen LogP contribution in [0.1, 0.15) is 45.1 Å². The fraction of sp³-hybridized carbons (Fsp3) is 0.526. The van der Waals surface area contributed by atoms with Crippen LogP contribution in [0.2, 0.25) is 0 Å². The van der Waals surface area contributed by atoms with Crippen molar-refractivity contribution < 1.29 is 29.3 Å². The fourth-order valence-electron chi connectivity index (χ4n) is 2.61. The molecular weight excluding hydrogens is 338 g/mol. The van der Waals surface area contributed by atoms with Gasteiger partial charge in [0.1, 0.15) is 6.61 Å². The number of carbonyl (C=O) groups excluding carboxylic acids is 2. The summed E-state index contributed by atoms with van der Waals surface area (Å²) in [6.45, 7) is 3.57. The zero-order valence-electron chi connectivity index (χ0n) is 15.2. The maximum Gasteiger partial charge on any atom is 0.407 e. The van der Waals surface area contributed by atoms with Crippen LogP contribution in [-0.2, 0) is 20.9 Å². The first kappa shape index (κ1) is 21.6. The number of carbonyl (C=O) groups is 3. The molecule has 1 aromatic rings. The Morgan fingerprint density at radius 2 is 1.81 bits per heavy atom. The second-order valence-corrected chi connectivity index (χ2v) is 6.26. The maximum absolute atomic E-state index is 11.9. The van der Waals surface area contributed by atoms with Crippen molar-refractivity contribution in [3.05, 3.63) is 35.9 Å². The Labute approximate surface area is 153 Å². The second kappa shape index (κ2) is 11.3. The molecule has 0 saturated carbocycles. The van der Waals surface area contributed by atoms with Crippen LogP contribution in [0, 0.1) is 5.92 Å². The lowest BCUT2D eigenvalue weighted by atomic mass is 9.88. The van der Waals surface area contributed by atoms with E-state index in [0.29, 0.717) is 6.42 Å². The lowest BCUT2D eigenvalue weighted by Gasteiger charge is -2.26. The van der Waals surface area contributed by atoms with Gasteiger partial charge in [-0.1, -0.05) is 56.5 Å². The Hall–Kier alpha value is -2.41. The molecule has 0 saturated heterocycles. The van der Waals surface area contributed by atoms with E-state index < -0.39 is 35.9 Å². The van der Waals surface area contributed by atoms with Crippen LogP contribution in [-0.4, -0.2) is 40.2 Å². The summed E-state index contributed by atoms with van der Waals surface area (Å²) in [5.74, 6) is -3.69. The molecule has 1 amide bonds. The van der Waals surface area contributed by atoms with Crippen LogP contribution in [0.4, 0.5) is 4.79 Å². The quantitative estimate of drug-likeness (QED) is 0.410. The monoisotopic (exact) mass is 365 g/mol. The van der Waals surface area contributed by atoms with Crippen LogP contribution in [0.15, 0.2) is 30.3 Å². The molecular formula is C19H27NO6. The third kappa shape index (κ3) is 7.23. The number of hydrogen-bond donors (Lipinski definition) is 3. The van der Waals surface area contributed by atoms with E-state index in [-0.39, 0.29) is 13.0 Å². The van der Waals surface area contributed by atoms with Gasteiger partial charge in [0, 0.05) is 0 Å². The third-order valence-electron chi connectivity index (χ3n) is 4.15. The van der Waals surface area contributed by atoms with Crippen molar-refractivity contribution in [2.24, 2.45) is 5.92 Å². The Balaban J connectivity index is 2.59. The van der Waals surface area contributed by atoms with Crippen molar-refractivity contribution in [3.63, 3.8) is 0 Å². The van der Waals surface area contributed by atoms with Gasteiger partial charge in [0.25, 0.3) is 0 Å². The molecule has 7 nitrogen and oxygen atoms in total. The Bertz CT molecular complexity index is 589. The van der Waals surface area contributed by atoms with Crippen molar-refractivity contribution in [1.82, 2.24) is 5.32 Å². The van der Waals surface area contributed by atoms with Gasteiger partial charge in [0.2, 0.25) is 5.78 Å². The van der Waals surface area contributed by atoms with E-state index in [0.717, 1.165) is 18.4 Å². The number of ether oxygens (including phenoxy) is 1. The number of alkyl carbamates (subject to hydrolysis) is 1. The number of aliphatic carboxylic acids is 1. The molecule has 0 aromatic heterocycles. The van der Waals surface area contributed by atoms with Crippen molar-refractivity contribution in [2.45, 2.75) is 58.3 Å². The molecule has 0 fully saturated rings. The van der Waals surface area contributed by atoms with Gasteiger partial charge in [-0.25, -0.2) is 9.59 Å². The number of carboxylic acids is 1. The van der Waals surface area contributed by atoms with Crippen LogP contribution in [0.3, 0.4) is 0 Å².